The maximum absolute atomic E-state index is 10.2. The molecule has 0 amide bonds. The molecular formula is C14H22O2. The van der Waals surface area contributed by atoms with E-state index in [0.717, 1.165) is 29.7 Å². The second-order valence-electron chi connectivity index (χ2n) is 4.44. The Bertz CT molecular complexity index is 334. The average molecular weight is 222 g/mol. The molecule has 1 N–H and O–H groups in total. The highest BCUT2D eigenvalue weighted by atomic mass is 16.5. The molecule has 0 aliphatic rings. The standard InChI is InChI=1S/C14H22O2/c1-5-6-10(2)14(15)12-7-8-13(16-4)11(3)9-12/h7-10,14-15H,5-6H2,1-4H3. The van der Waals surface area contributed by atoms with Crippen LogP contribution in [0.4, 0.5) is 0 Å². The molecule has 0 radical (unpaired) electrons. The summed E-state index contributed by atoms with van der Waals surface area (Å²) in [6, 6.07) is 5.88. The van der Waals surface area contributed by atoms with Gasteiger partial charge < -0.3 is 9.84 Å². The number of hydrogen-bond acceptors (Lipinski definition) is 2. The molecule has 16 heavy (non-hydrogen) atoms. The van der Waals surface area contributed by atoms with Gasteiger partial charge in [-0.2, -0.15) is 0 Å². The normalized spacial score (nSPS) is 14.6. The quantitative estimate of drug-likeness (QED) is 0.826. The smallest absolute Gasteiger partial charge is 0.121 e. The Labute approximate surface area is 98.3 Å². The molecule has 0 bridgehead atoms. The second kappa shape index (κ2) is 5.90. The van der Waals surface area contributed by atoms with Crippen LogP contribution in [0.15, 0.2) is 18.2 Å². The van der Waals surface area contributed by atoms with Gasteiger partial charge in [0.05, 0.1) is 13.2 Å². The summed E-state index contributed by atoms with van der Waals surface area (Å²) >= 11 is 0. The lowest BCUT2D eigenvalue weighted by Crippen LogP contribution is -2.09. The number of methoxy groups -OCH3 is 1. The van der Waals surface area contributed by atoms with Crippen molar-refractivity contribution in [1.82, 2.24) is 0 Å². The van der Waals surface area contributed by atoms with Gasteiger partial charge in [0, 0.05) is 0 Å². The first-order chi connectivity index (χ1) is 7.60. The lowest BCUT2D eigenvalue weighted by molar-refractivity contribution is 0.112. The first kappa shape index (κ1) is 13.0. The molecule has 2 nitrogen and oxygen atoms in total. The molecule has 0 spiro atoms. The Hall–Kier alpha value is -1.02. The molecule has 2 unspecified atom stereocenters. The van der Waals surface area contributed by atoms with E-state index in [2.05, 4.69) is 13.8 Å². The maximum atomic E-state index is 10.2. The maximum Gasteiger partial charge on any atom is 0.121 e. The number of benzene rings is 1. The lowest BCUT2D eigenvalue weighted by Gasteiger charge is -2.19. The molecule has 0 saturated carbocycles. The van der Waals surface area contributed by atoms with E-state index in [1.54, 1.807) is 7.11 Å². The number of aliphatic hydroxyl groups is 1. The molecule has 0 aliphatic heterocycles. The highest BCUT2D eigenvalue weighted by Crippen LogP contribution is 2.28. The van der Waals surface area contributed by atoms with Crippen molar-refractivity contribution >= 4 is 0 Å². The van der Waals surface area contributed by atoms with Crippen LogP contribution in [0.25, 0.3) is 0 Å². The van der Waals surface area contributed by atoms with E-state index in [0.29, 0.717) is 5.92 Å². The van der Waals surface area contributed by atoms with Gasteiger partial charge in [-0.05, 0) is 42.5 Å². The largest absolute Gasteiger partial charge is 0.496 e. The topological polar surface area (TPSA) is 29.5 Å². The molecule has 1 aromatic carbocycles. The van der Waals surface area contributed by atoms with Gasteiger partial charge in [0.15, 0.2) is 0 Å². The Morgan fingerprint density at radius 3 is 2.56 bits per heavy atom. The summed E-state index contributed by atoms with van der Waals surface area (Å²) < 4.78 is 5.21. The van der Waals surface area contributed by atoms with Gasteiger partial charge in [0.25, 0.3) is 0 Å². The average Bonchev–Trinajstić information content (AvgIpc) is 2.28. The SMILES string of the molecule is CCCC(C)C(O)c1ccc(OC)c(C)c1. The monoisotopic (exact) mass is 222 g/mol. The zero-order valence-corrected chi connectivity index (χ0v) is 10.7. The first-order valence-electron chi connectivity index (χ1n) is 5.92. The number of hydrogen-bond donors (Lipinski definition) is 1. The fourth-order valence-electron chi connectivity index (χ4n) is 2.03. The van der Waals surface area contributed by atoms with Crippen molar-refractivity contribution in [3.63, 3.8) is 0 Å². The van der Waals surface area contributed by atoms with Gasteiger partial charge >= 0.3 is 0 Å². The molecule has 2 heteroatoms. The summed E-state index contributed by atoms with van der Waals surface area (Å²) in [6.07, 6.45) is 1.78. The number of aliphatic hydroxyl groups excluding tert-OH is 1. The van der Waals surface area contributed by atoms with E-state index in [9.17, 15) is 5.11 Å². The van der Waals surface area contributed by atoms with Crippen LogP contribution < -0.4 is 4.74 Å². The zero-order chi connectivity index (χ0) is 12.1. The van der Waals surface area contributed by atoms with E-state index in [4.69, 9.17) is 4.74 Å². The third kappa shape index (κ3) is 2.99. The minimum absolute atomic E-state index is 0.304. The van der Waals surface area contributed by atoms with E-state index in [1.165, 1.54) is 0 Å². The van der Waals surface area contributed by atoms with Crippen molar-refractivity contribution < 1.29 is 9.84 Å². The molecule has 0 saturated heterocycles. The van der Waals surface area contributed by atoms with Crippen molar-refractivity contribution in [3.8, 4) is 5.75 Å². The molecule has 1 rings (SSSR count). The van der Waals surface area contributed by atoms with Crippen LogP contribution in [0.1, 0.15) is 43.9 Å². The Balaban J connectivity index is 2.84. The molecule has 90 valence electrons. The molecular weight excluding hydrogens is 200 g/mol. The van der Waals surface area contributed by atoms with Gasteiger partial charge in [-0.25, -0.2) is 0 Å². The predicted molar refractivity (Wildman–Crippen MR) is 66.8 cm³/mol. The summed E-state index contributed by atoms with van der Waals surface area (Å²) in [5.74, 6) is 1.18. The van der Waals surface area contributed by atoms with Crippen LogP contribution >= 0.6 is 0 Å². The highest BCUT2D eigenvalue weighted by Gasteiger charge is 2.16. The van der Waals surface area contributed by atoms with Crippen molar-refractivity contribution in [2.24, 2.45) is 5.92 Å². The molecule has 0 aliphatic carbocycles. The van der Waals surface area contributed by atoms with Crippen LogP contribution in [0.2, 0.25) is 0 Å². The molecule has 2 atom stereocenters. The van der Waals surface area contributed by atoms with Gasteiger partial charge in [-0.3, -0.25) is 0 Å². The lowest BCUT2D eigenvalue weighted by atomic mass is 9.93. The van der Waals surface area contributed by atoms with Crippen molar-refractivity contribution in [2.75, 3.05) is 7.11 Å². The van der Waals surface area contributed by atoms with Gasteiger partial charge in [0.2, 0.25) is 0 Å². The highest BCUT2D eigenvalue weighted by molar-refractivity contribution is 5.37. The fraction of sp³-hybridized carbons (Fsp3) is 0.571. The van der Waals surface area contributed by atoms with Crippen LogP contribution in [0.3, 0.4) is 0 Å². The van der Waals surface area contributed by atoms with Gasteiger partial charge in [-0.1, -0.05) is 26.3 Å². The van der Waals surface area contributed by atoms with E-state index in [-0.39, 0.29) is 6.10 Å². The van der Waals surface area contributed by atoms with Crippen molar-refractivity contribution in [1.29, 1.82) is 0 Å². The Morgan fingerprint density at radius 2 is 2.06 bits per heavy atom. The zero-order valence-electron chi connectivity index (χ0n) is 10.7. The Kier molecular flexibility index (Phi) is 4.81. The summed E-state index contributed by atoms with van der Waals surface area (Å²) in [4.78, 5) is 0. The molecule has 0 aromatic heterocycles. The number of ether oxygens (including phenoxy) is 1. The first-order valence-corrected chi connectivity index (χ1v) is 5.92. The van der Waals surface area contributed by atoms with Crippen LogP contribution in [0.5, 0.6) is 5.75 Å². The summed E-state index contributed by atoms with van der Waals surface area (Å²) in [5, 5.41) is 10.2. The van der Waals surface area contributed by atoms with Crippen molar-refractivity contribution in [3.05, 3.63) is 29.3 Å². The third-order valence-electron chi connectivity index (χ3n) is 3.04. The summed E-state index contributed by atoms with van der Waals surface area (Å²) in [5.41, 5.74) is 2.06. The Morgan fingerprint density at radius 1 is 1.38 bits per heavy atom. The van der Waals surface area contributed by atoms with E-state index >= 15 is 0 Å². The van der Waals surface area contributed by atoms with E-state index < -0.39 is 0 Å². The number of rotatable bonds is 5. The summed E-state index contributed by atoms with van der Waals surface area (Å²) in [7, 11) is 1.66. The molecule has 1 aromatic rings. The van der Waals surface area contributed by atoms with E-state index in [1.807, 2.05) is 25.1 Å². The van der Waals surface area contributed by atoms with Gasteiger partial charge in [-0.15, -0.1) is 0 Å². The minimum atomic E-state index is -0.371. The van der Waals surface area contributed by atoms with Crippen LogP contribution in [0, 0.1) is 12.8 Å². The van der Waals surface area contributed by atoms with Gasteiger partial charge in [0.1, 0.15) is 5.75 Å². The van der Waals surface area contributed by atoms with Crippen LogP contribution in [-0.2, 0) is 0 Å². The summed E-state index contributed by atoms with van der Waals surface area (Å²) in [6.45, 7) is 6.23. The van der Waals surface area contributed by atoms with Crippen molar-refractivity contribution in [2.45, 2.75) is 39.7 Å². The molecule has 0 fully saturated rings. The fourth-order valence-corrected chi connectivity index (χ4v) is 2.03. The second-order valence-corrected chi connectivity index (χ2v) is 4.44. The predicted octanol–water partition coefficient (Wildman–Crippen LogP) is 3.47. The third-order valence-corrected chi connectivity index (χ3v) is 3.04. The molecule has 0 heterocycles. The number of aryl methyl sites for hydroxylation is 1. The van der Waals surface area contributed by atoms with Crippen LogP contribution in [-0.4, -0.2) is 12.2 Å². The minimum Gasteiger partial charge on any atom is -0.496 e.